The number of rotatable bonds is 3. The van der Waals surface area contributed by atoms with Gasteiger partial charge in [0.2, 0.25) is 0 Å². The summed E-state index contributed by atoms with van der Waals surface area (Å²) in [6, 6.07) is 3.81. The van der Waals surface area contributed by atoms with E-state index >= 15 is 0 Å². The summed E-state index contributed by atoms with van der Waals surface area (Å²) in [7, 11) is 0. The third kappa shape index (κ3) is 3.26. The minimum absolute atomic E-state index is 0.0667. The molecule has 0 spiro atoms. The summed E-state index contributed by atoms with van der Waals surface area (Å²) in [5, 5.41) is 13.6. The van der Waals surface area contributed by atoms with E-state index in [-0.39, 0.29) is 22.2 Å². The van der Waals surface area contributed by atoms with Crippen LogP contribution in [0.1, 0.15) is 30.1 Å². The van der Waals surface area contributed by atoms with E-state index in [2.05, 4.69) is 5.32 Å². The molecule has 0 aliphatic carbocycles. The van der Waals surface area contributed by atoms with Gasteiger partial charge in [-0.25, -0.2) is 0 Å². The Balaban J connectivity index is 2.15. The van der Waals surface area contributed by atoms with Gasteiger partial charge in [0.25, 0.3) is 11.6 Å². The van der Waals surface area contributed by atoms with Gasteiger partial charge in [0.05, 0.1) is 27.7 Å². The SMILES string of the molecule is C[C@]1(NC(=O)c2ccc([N+](=O)[O-])cc2Cl)CCCOC1. The Kier molecular flexibility index (Phi) is 4.25. The lowest BCUT2D eigenvalue weighted by molar-refractivity contribution is -0.384. The number of non-ortho nitro benzene ring substituents is 1. The first-order chi connectivity index (χ1) is 9.41. The molecule has 7 heteroatoms. The molecule has 1 atom stereocenters. The minimum atomic E-state index is -0.552. The van der Waals surface area contributed by atoms with Crippen LogP contribution < -0.4 is 5.32 Å². The number of amides is 1. The maximum Gasteiger partial charge on any atom is 0.270 e. The molecule has 1 aromatic carbocycles. The van der Waals surface area contributed by atoms with E-state index in [9.17, 15) is 14.9 Å². The standard InChI is InChI=1S/C13H15ClN2O4/c1-13(5-2-6-20-8-13)15-12(17)10-4-3-9(16(18)19)7-11(10)14/h3-4,7H,2,5-6,8H2,1H3,(H,15,17)/t13-/m0/s1. The Hall–Kier alpha value is -1.66. The number of benzene rings is 1. The number of carbonyl (C=O) groups excluding carboxylic acids is 1. The first-order valence-electron chi connectivity index (χ1n) is 6.25. The van der Waals surface area contributed by atoms with Crippen LogP contribution in [-0.2, 0) is 4.74 Å². The smallest absolute Gasteiger partial charge is 0.270 e. The highest BCUT2D eigenvalue weighted by atomic mass is 35.5. The fourth-order valence-electron chi connectivity index (χ4n) is 2.18. The van der Waals surface area contributed by atoms with Crippen molar-refractivity contribution < 1.29 is 14.5 Å². The number of nitro groups is 1. The predicted octanol–water partition coefficient (Wildman–Crippen LogP) is 2.55. The van der Waals surface area contributed by atoms with Crippen LogP contribution in [-0.4, -0.2) is 29.6 Å². The van der Waals surface area contributed by atoms with Gasteiger partial charge in [-0.05, 0) is 25.8 Å². The van der Waals surface area contributed by atoms with Crippen molar-refractivity contribution in [3.63, 3.8) is 0 Å². The number of hydrogen-bond acceptors (Lipinski definition) is 4. The molecule has 108 valence electrons. The van der Waals surface area contributed by atoms with Gasteiger partial charge in [0, 0.05) is 18.7 Å². The topological polar surface area (TPSA) is 81.5 Å². The Labute approximate surface area is 121 Å². The molecule has 0 unspecified atom stereocenters. The first-order valence-corrected chi connectivity index (χ1v) is 6.63. The van der Waals surface area contributed by atoms with Crippen LogP contribution in [0, 0.1) is 10.1 Å². The summed E-state index contributed by atoms with van der Waals surface area (Å²) in [4.78, 5) is 22.3. The van der Waals surface area contributed by atoms with Crippen molar-refractivity contribution in [3.8, 4) is 0 Å². The van der Waals surface area contributed by atoms with Gasteiger partial charge in [-0.1, -0.05) is 11.6 Å². The lowest BCUT2D eigenvalue weighted by atomic mass is 9.94. The molecule has 1 N–H and O–H groups in total. The number of carbonyl (C=O) groups is 1. The zero-order chi connectivity index (χ0) is 14.8. The van der Waals surface area contributed by atoms with Crippen LogP contribution in [0.3, 0.4) is 0 Å². The summed E-state index contributed by atoms with van der Waals surface area (Å²) in [6.07, 6.45) is 1.70. The monoisotopic (exact) mass is 298 g/mol. The van der Waals surface area contributed by atoms with E-state index in [4.69, 9.17) is 16.3 Å². The van der Waals surface area contributed by atoms with Gasteiger partial charge in [-0.3, -0.25) is 14.9 Å². The molecule has 1 amide bonds. The van der Waals surface area contributed by atoms with Crippen LogP contribution >= 0.6 is 11.6 Å². The molecule has 1 saturated heterocycles. The molecular weight excluding hydrogens is 284 g/mol. The zero-order valence-corrected chi connectivity index (χ0v) is 11.8. The molecule has 1 fully saturated rings. The predicted molar refractivity (Wildman–Crippen MR) is 74.0 cm³/mol. The molecule has 0 radical (unpaired) electrons. The number of nitrogens with one attached hydrogen (secondary N) is 1. The van der Waals surface area contributed by atoms with E-state index in [1.165, 1.54) is 18.2 Å². The van der Waals surface area contributed by atoms with Crippen LogP contribution in [0.5, 0.6) is 0 Å². The Bertz CT molecular complexity index is 541. The van der Waals surface area contributed by atoms with E-state index in [0.717, 1.165) is 12.8 Å². The second-order valence-electron chi connectivity index (χ2n) is 5.09. The lowest BCUT2D eigenvalue weighted by Crippen LogP contribution is -2.51. The number of halogens is 1. The minimum Gasteiger partial charge on any atom is -0.379 e. The van der Waals surface area contributed by atoms with Crippen molar-refractivity contribution in [2.24, 2.45) is 0 Å². The fraction of sp³-hybridized carbons (Fsp3) is 0.462. The Morgan fingerprint density at radius 3 is 2.85 bits per heavy atom. The number of nitro benzene ring substituents is 1. The summed E-state index contributed by atoms with van der Waals surface area (Å²) >= 11 is 5.93. The molecule has 0 saturated carbocycles. The molecule has 0 aromatic heterocycles. The molecule has 1 aliphatic heterocycles. The molecule has 0 bridgehead atoms. The second-order valence-corrected chi connectivity index (χ2v) is 5.50. The van der Waals surface area contributed by atoms with E-state index in [0.29, 0.717) is 13.2 Å². The zero-order valence-electron chi connectivity index (χ0n) is 11.0. The largest absolute Gasteiger partial charge is 0.379 e. The van der Waals surface area contributed by atoms with E-state index in [1.54, 1.807) is 0 Å². The van der Waals surface area contributed by atoms with Crippen molar-refractivity contribution in [2.45, 2.75) is 25.3 Å². The van der Waals surface area contributed by atoms with Crippen molar-refractivity contribution >= 4 is 23.2 Å². The lowest BCUT2D eigenvalue weighted by Gasteiger charge is -2.34. The molecule has 1 heterocycles. The van der Waals surface area contributed by atoms with Gasteiger partial charge in [-0.15, -0.1) is 0 Å². The van der Waals surface area contributed by atoms with Crippen molar-refractivity contribution in [1.82, 2.24) is 5.32 Å². The van der Waals surface area contributed by atoms with E-state index < -0.39 is 10.5 Å². The fourth-order valence-corrected chi connectivity index (χ4v) is 2.44. The molecule has 1 aliphatic rings. The second kappa shape index (κ2) is 5.76. The maximum atomic E-state index is 12.2. The molecule has 6 nitrogen and oxygen atoms in total. The third-order valence-corrected chi connectivity index (χ3v) is 3.57. The number of ether oxygens (including phenoxy) is 1. The Morgan fingerprint density at radius 1 is 1.55 bits per heavy atom. The highest BCUT2D eigenvalue weighted by Crippen LogP contribution is 2.24. The molecule has 20 heavy (non-hydrogen) atoms. The summed E-state index contributed by atoms with van der Waals surface area (Å²) in [5.74, 6) is -0.349. The third-order valence-electron chi connectivity index (χ3n) is 3.26. The normalized spacial score (nSPS) is 22.3. The van der Waals surface area contributed by atoms with Crippen LogP contribution in [0.15, 0.2) is 18.2 Å². The van der Waals surface area contributed by atoms with Gasteiger partial charge in [0.15, 0.2) is 0 Å². The summed E-state index contributed by atoms with van der Waals surface area (Å²) in [6.45, 7) is 3.05. The van der Waals surface area contributed by atoms with Crippen LogP contribution in [0.4, 0.5) is 5.69 Å². The van der Waals surface area contributed by atoms with Gasteiger partial charge < -0.3 is 10.1 Å². The highest BCUT2D eigenvalue weighted by molar-refractivity contribution is 6.34. The van der Waals surface area contributed by atoms with Crippen molar-refractivity contribution in [2.75, 3.05) is 13.2 Å². The summed E-state index contributed by atoms with van der Waals surface area (Å²) in [5.41, 5.74) is -0.344. The molecule has 2 rings (SSSR count). The summed E-state index contributed by atoms with van der Waals surface area (Å²) < 4.78 is 5.37. The first kappa shape index (κ1) is 14.7. The number of hydrogen-bond donors (Lipinski definition) is 1. The van der Waals surface area contributed by atoms with Crippen LogP contribution in [0.25, 0.3) is 0 Å². The van der Waals surface area contributed by atoms with Gasteiger partial charge in [0.1, 0.15) is 0 Å². The van der Waals surface area contributed by atoms with E-state index in [1.807, 2.05) is 6.92 Å². The molecule has 1 aromatic rings. The molecular formula is C13H15ClN2O4. The average molecular weight is 299 g/mol. The number of nitrogens with zero attached hydrogens (tertiary/aromatic N) is 1. The quantitative estimate of drug-likeness (QED) is 0.687. The van der Waals surface area contributed by atoms with Gasteiger partial charge >= 0.3 is 0 Å². The van der Waals surface area contributed by atoms with Crippen LogP contribution in [0.2, 0.25) is 5.02 Å². The van der Waals surface area contributed by atoms with Crippen molar-refractivity contribution in [1.29, 1.82) is 0 Å². The maximum absolute atomic E-state index is 12.2. The Morgan fingerprint density at radius 2 is 2.30 bits per heavy atom. The van der Waals surface area contributed by atoms with Crippen molar-refractivity contribution in [3.05, 3.63) is 38.9 Å². The highest BCUT2D eigenvalue weighted by Gasteiger charge is 2.30. The average Bonchev–Trinajstić information content (AvgIpc) is 2.38. The van der Waals surface area contributed by atoms with Gasteiger partial charge in [-0.2, -0.15) is 0 Å².